The summed E-state index contributed by atoms with van der Waals surface area (Å²) in [5, 5.41) is 12.6. The first-order valence-electron chi connectivity index (χ1n) is 6.38. The van der Waals surface area contributed by atoms with Gasteiger partial charge in [0.1, 0.15) is 0 Å². The van der Waals surface area contributed by atoms with Crippen molar-refractivity contribution in [3.63, 3.8) is 0 Å². The fraction of sp³-hybridized carbons (Fsp3) is 0.769. The molecule has 1 aliphatic heterocycles. The number of aliphatic hydroxyl groups excluding tert-OH is 1. The van der Waals surface area contributed by atoms with E-state index in [2.05, 4.69) is 31.1 Å². The van der Waals surface area contributed by atoms with Crippen LogP contribution in [0.25, 0.3) is 0 Å². The van der Waals surface area contributed by atoms with Crippen molar-refractivity contribution in [2.24, 2.45) is 0 Å². The van der Waals surface area contributed by atoms with Crippen molar-refractivity contribution < 1.29 is 9.84 Å². The summed E-state index contributed by atoms with van der Waals surface area (Å²) in [6.07, 6.45) is 0. The molecule has 0 aromatic carbocycles. The number of aromatic nitrogens is 1. The number of rotatable bonds is 3. The lowest BCUT2D eigenvalue weighted by molar-refractivity contribution is -0.0317. The zero-order valence-electron chi connectivity index (χ0n) is 11.3. The molecule has 1 saturated heterocycles. The van der Waals surface area contributed by atoms with Gasteiger partial charge >= 0.3 is 0 Å². The zero-order chi connectivity index (χ0) is 13.2. The highest BCUT2D eigenvalue weighted by Crippen LogP contribution is 2.26. The Bertz CT molecular complexity index is 387. The summed E-state index contributed by atoms with van der Waals surface area (Å²) in [5.74, 6) is 0. The molecular formula is C13H22N2O2S. The fourth-order valence-corrected chi connectivity index (χ4v) is 2.90. The number of ether oxygens (including phenoxy) is 1. The number of aliphatic hydroxyl groups is 1. The van der Waals surface area contributed by atoms with Crippen LogP contribution in [0.1, 0.15) is 31.5 Å². The maximum absolute atomic E-state index is 9.33. The molecule has 1 fully saturated rings. The standard InChI is InChI=1S/C13H22N2O2S/c1-13(2,3)12-14-10(9-18-12)6-15-4-5-17-8-11(15)7-16/h9,11,16H,4-8H2,1-3H3. The van der Waals surface area contributed by atoms with E-state index in [1.807, 2.05) is 0 Å². The van der Waals surface area contributed by atoms with Crippen LogP contribution in [0.2, 0.25) is 0 Å². The zero-order valence-corrected chi connectivity index (χ0v) is 12.2. The van der Waals surface area contributed by atoms with Gasteiger partial charge in [0.15, 0.2) is 0 Å². The second kappa shape index (κ2) is 5.65. The Morgan fingerprint density at radius 2 is 2.33 bits per heavy atom. The normalized spacial score (nSPS) is 22.3. The van der Waals surface area contributed by atoms with Gasteiger partial charge in [-0.25, -0.2) is 4.98 Å². The Kier molecular flexibility index (Phi) is 4.37. The molecule has 0 bridgehead atoms. The Hall–Kier alpha value is -0.490. The number of hydrogen-bond acceptors (Lipinski definition) is 5. The summed E-state index contributed by atoms with van der Waals surface area (Å²) in [4.78, 5) is 6.95. The number of morpholine rings is 1. The minimum absolute atomic E-state index is 0.110. The molecule has 4 nitrogen and oxygen atoms in total. The molecule has 0 aliphatic carbocycles. The topological polar surface area (TPSA) is 45.6 Å². The molecule has 1 unspecified atom stereocenters. The smallest absolute Gasteiger partial charge is 0.0982 e. The van der Waals surface area contributed by atoms with Gasteiger partial charge in [-0.15, -0.1) is 11.3 Å². The lowest BCUT2D eigenvalue weighted by Crippen LogP contribution is -2.46. The van der Waals surface area contributed by atoms with Crippen molar-refractivity contribution in [1.29, 1.82) is 0 Å². The molecule has 0 spiro atoms. The molecule has 1 aromatic rings. The van der Waals surface area contributed by atoms with Gasteiger partial charge < -0.3 is 9.84 Å². The predicted octanol–water partition coefficient (Wildman–Crippen LogP) is 1.63. The van der Waals surface area contributed by atoms with E-state index in [1.54, 1.807) is 11.3 Å². The quantitative estimate of drug-likeness (QED) is 0.907. The van der Waals surface area contributed by atoms with Crippen molar-refractivity contribution in [2.75, 3.05) is 26.4 Å². The molecule has 1 aliphatic rings. The molecule has 0 radical (unpaired) electrons. The molecule has 1 aromatic heterocycles. The highest BCUT2D eigenvalue weighted by molar-refractivity contribution is 7.09. The van der Waals surface area contributed by atoms with Crippen LogP contribution in [0, 0.1) is 0 Å². The second-order valence-corrected chi connectivity index (χ2v) is 6.63. The van der Waals surface area contributed by atoms with Crippen LogP contribution in [0.15, 0.2) is 5.38 Å². The average Bonchev–Trinajstić information content (AvgIpc) is 2.78. The molecule has 5 heteroatoms. The molecule has 1 atom stereocenters. The van der Waals surface area contributed by atoms with Gasteiger partial charge in [-0.3, -0.25) is 4.90 Å². The van der Waals surface area contributed by atoms with Gasteiger partial charge in [-0.1, -0.05) is 20.8 Å². The van der Waals surface area contributed by atoms with Crippen LogP contribution >= 0.6 is 11.3 Å². The predicted molar refractivity (Wildman–Crippen MR) is 72.9 cm³/mol. The average molecular weight is 270 g/mol. The van der Waals surface area contributed by atoms with E-state index in [1.165, 1.54) is 5.01 Å². The third-order valence-electron chi connectivity index (χ3n) is 3.12. The van der Waals surface area contributed by atoms with Crippen molar-refractivity contribution in [1.82, 2.24) is 9.88 Å². The summed E-state index contributed by atoms with van der Waals surface area (Å²) < 4.78 is 5.38. The molecule has 0 amide bonds. The van der Waals surface area contributed by atoms with Crippen molar-refractivity contribution >= 4 is 11.3 Å². The first-order chi connectivity index (χ1) is 8.50. The molecule has 102 valence electrons. The Morgan fingerprint density at radius 3 is 2.94 bits per heavy atom. The third kappa shape index (κ3) is 3.29. The largest absolute Gasteiger partial charge is 0.395 e. The van der Waals surface area contributed by atoms with Crippen molar-refractivity contribution in [3.05, 3.63) is 16.1 Å². The maximum atomic E-state index is 9.33. The van der Waals surface area contributed by atoms with E-state index in [-0.39, 0.29) is 18.1 Å². The van der Waals surface area contributed by atoms with Crippen LogP contribution < -0.4 is 0 Å². The van der Waals surface area contributed by atoms with Crippen molar-refractivity contribution in [2.45, 2.75) is 38.8 Å². The Labute approximate surface area is 113 Å². The molecule has 2 heterocycles. The van der Waals surface area contributed by atoms with Crippen LogP contribution in [0.4, 0.5) is 0 Å². The van der Waals surface area contributed by atoms with Crippen LogP contribution in [-0.4, -0.2) is 47.4 Å². The van der Waals surface area contributed by atoms with E-state index >= 15 is 0 Å². The highest BCUT2D eigenvalue weighted by Gasteiger charge is 2.24. The minimum Gasteiger partial charge on any atom is -0.395 e. The number of nitrogens with zero attached hydrogens (tertiary/aromatic N) is 2. The van der Waals surface area contributed by atoms with Crippen LogP contribution in [-0.2, 0) is 16.7 Å². The molecule has 18 heavy (non-hydrogen) atoms. The van der Waals surface area contributed by atoms with E-state index in [0.717, 1.165) is 25.4 Å². The molecule has 2 rings (SSSR count). The third-order valence-corrected chi connectivity index (χ3v) is 4.44. The van der Waals surface area contributed by atoms with E-state index in [4.69, 9.17) is 9.72 Å². The summed E-state index contributed by atoms with van der Waals surface area (Å²) >= 11 is 1.72. The lowest BCUT2D eigenvalue weighted by atomic mass is 9.98. The fourth-order valence-electron chi connectivity index (χ4n) is 2.00. The van der Waals surface area contributed by atoms with E-state index in [0.29, 0.717) is 6.61 Å². The van der Waals surface area contributed by atoms with Crippen molar-refractivity contribution in [3.8, 4) is 0 Å². The minimum atomic E-state index is 0.110. The number of hydrogen-bond donors (Lipinski definition) is 1. The number of thiazole rings is 1. The monoisotopic (exact) mass is 270 g/mol. The first-order valence-corrected chi connectivity index (χ1v) is 7.26. The van der Waals surface area contributed by atoms with Gasteiger partial charge in [-0.05, 0) is 0 Å². The molecule has 0 saturated carbocycles. The highest BCUT2D eigenvalue weighted by atomic mass is 32.1. The molecular weight excluding hydrogens is 248 g/mol. The lowest BCUT2D eigenvalue weighted by Gasteiger charge is -2.33. The van der Waals surface area contributed by atoms with Gasteiger partial charge in [0.2, 0.25) is 0 Å². The van der Waals surface area contributed by atoms with E-state index < -0.39 is 0 Å². The van der Waals surface area contributed by atoms with Gasteiger partial charge in [-0.2, -0.15) is 0 Å². The second-order valence-electron chi connectivity index (χ2n) is 5.78. The van der Waals surface area contributed by atoms with Gasteiger partial charge in [0, 0.05) is 23.9 Å². The Morgan fingerprint density at radius 1 is 1.56 bits per heavy atom. The molecule has 1 N–H and O–H groups in total. The Balaban J connectivity index is 2.02. The maximum Gasteiger partial charge on any atom is 0.0982 e. The summed E-state index contributed by atoms with van der Waals surface area (Å²) in [6, 6.07) is 0.110. The SMILES string of the molecule is CC(C)(C)c1nc(CN2CCOCC2CO)cs1. The summed E-state index contributed by atoms with van der Waals surface area (Å²) in [5.41, 5.74) is 1.22. The van der Waals surface area contributed by atoms with Crippen LogP contribution in [0.3, 0.4) is 0 Å². The van der Waals surface area contributed by atoms with Gasteiger partial charge in [0.25, 0.3) is 0 Å². The van der Waals surface area contributed by atoms with E-state index in [9.17, 15) is 5.11 Å². The summed E-state index contributed by atoms with van der Waals surface area (Å²) in [6.45, 7) is 9.73. The first kappa shape index (κ1) is 13.9. The summed E-state index contributed by atoms with van der Waals surface area (Å²) in [7, 11) is 0. The van der Waals surface area contributed by atoms with Gasteiger partial charge in [0.05, 0.1) is 36.6 Å². The van der Waals surface area contributed by atoms with Crippen LogP contribution in [0.5, 0.6) is 0 Å².